The van der Waals surface area contributed by atoms with E-state index >= 15 is 0 Å². The first-order valence-corrected chi connectivity index (χ1v) is 6.52. The van der Waals surface area contributed by atoms with E-state index in [1.54, 1.807) is 4.68 Å². The van der Waals surface area contributed by atoms with Gasteiger partial charge < -0.3 is 5.32 Å². The number of amides is 1. The van der Waals surface area contributed by atoms with Crippen LogP contribution in [0.15, 0.2) is 6.20 Å². The van der Waals surface area contributed by atoms with E-state index in [0.717, 1.165) is 5.69 Å². The average molecular weight is 266 g/mol. The second kappa shape index (κ2) is 6.45. The van der Waals surface area contributed by atoms with Crippen LogP contribution in [-0.4, -0.2) is 32.7 Å². The molecule has 1 aromatic rings. The summed E-state index contributed by atoms with van der Waals surface area (Å²) >= 11 is 0. The van der Waals surface area contributed by atoms with Crippen LogP contribution in [-0.2, 0) is 16.1 Å². The molecular formula is C13H22N4O2. The molecule has 1 atom stereocenters. The van der Waals surface area contributed by atoms with E-state index in [1.165, 1.54) is 6.92 Å². The standard InChI is InChI=1S/C13H22N4O2/c1-8(2)11-6-17(16-15-11)7-12(14-10(5)18)13(19)9(3)4/h6,8-9,12H,7H2,1-5H3,(H,14,18)/t12-/m0/s1. The molecule has 6 nitrogen and oxygen atoms in total. The van der Waals surface area contributed by atoms with Crippen LogP contribution in [0.2, 0.25) is 0 Å². The molecule has 0 saturated carbocycles. The Morgan fingerprint density at radius 3 is 2.37 bits per heavy atom. The van der Waals surface area contributed by atoms with Gasteiger partial charge in [0.2, 0.25) is 5.91 Å². The summed E-state index contributed by atoms with van der Waals surface area (Å²) in [5, 5.41) is 10.7. The molecule has 0 unspecified atom stereocenters. The third kappa shape index (κ3) is 4.46. The molecule has 0 spiro atoms. The van der Waals surface area contributed by atoms with Crippen molar-refractivity contribution < 1.29 is 9.59 Å². The van der Waals surface area contributed by atoms with Crippen LogP contribution in [0.1, 0.15) is 46.2 Å². The highest BCUT2D eigenvalue weighted by Gasteiger charge is 2.23. The fourth-order valence-electron chi connectivity index (χ4n) is 1.71. The molecule has 0 aliphatic rings. The van der Waals surface area contributed by atoms with Gasteiger partial charge in [-0.25, -0.2) is 4.68 Å². The van der Waals surface area contributed by atoms with Gasteiger partial charge in [-0.2, -0.15) is 0 Å². The second-order valence-electron chi connectivity index (χ2n) is 5.33. The minimum atomic E-state index is -0.556. The van der Waals surface area contributed by atoms with Gasteiger partial charge >= 0.3 is 0 Å². The van der Waals surface area contributed by atoms with Crippen LogP contribution in [0.4, 0.5) is 0 Å². The number of carbonyl (C=O) groups is 2. The van der Waals surface area contributed by atoms with Crippen LogP contribution in [0.5, 0.6) is 0 Å². The quantitative estimate of drug-likeness (QED) is 0.837. The summed E-state index contributed by atoms with van der Waals surface area (Å²) in [6.07, 6.45) is 1.81. The molecule has 0 fully saturated rings. The Labute approximate surface area is 113 Å². The number of hydrogen-bond acceptors (Lipinski definition) is 4. The zero-order valence-electron chi connectivity index (χ0n) is 12.2. The highest BCUT2D eigenvalue weighted by Crippen LogP contribution is 2.10. The fraction of sp³-hybridized carbons (Fsp3) is 0.692. The highest BCUT2D eigenvalue weighted by molar-refractivity contribution is 5.89. The van der Waals surface area contributed by atoms with Gasteiger partial charge in [0.05, 0.1) is 12.2 Å². The summed E-state index contributed by atoms with van der Waals surface area (Å²) in [6.45, 7) is 9.41. The lowest BCUT2D eigenvalue weighted by atomic mass is 10.0. The van der Waals surface area contributed by atoms with Crippen LogP contribution < -0.4 is 5.32 Å². The molecule has 0 saturated heterocycles. The first-order valence-electron chi connectivity index (χ1n) is 6.52. The topological polar surface area (TPSA) is 76.9 Å². The van der Waals surface area contributed by atoms with Crippen molar-refractivity contribution in [3.05, 3.63) is 11.9 Å². The summed E-state index contributed by atoms with van der Waals surface area (Å²) in [5.74, 6) is -0.0706. The summed E-state index contributed by atoms with van der Waals surface area (Å²) < 4.78 is 1.61. The van der Waals surface area contributed by atoms with Crippen LogP contribution >= 0.6 is 0 Å². The van der Waals surface area contributed by atoms with E-state index in [-0.39, 0.29) is 23.5 Å². The summed E-state index contributed by atoms with van der Waals surface area (Å²) in [6, 6.07) is -0.556. The lowest BCUT2D eigenvalue weighted by molar-refractivity contribution is -0.129. The third-order valence-corrected chi connectivity index (χ3v) is 2.81. The number of hydrogen-bond donors (Lipinski definition) is 1. The zero-order valence-corrected chi connectivity index (χ0v) is 12.2. The van der Waals surface area contributed by atoms with Crippen molar-refractivity contribution in [3.63, 3.8) is 0 Å². The predicted molar refractivity (Wildman–Crippen MR) is 71.6 cm³/mol. The Balaban J connectivity index is 2.81. The van der Waals surface area contributed by atoms with Crippen molar-refractivity contribution in [3.8, 4) is 0 Å². The number of rotatable bonds is 6. The van der Waals surface area contributed by atoms with E-state index in [0.29, 0.717) is 6.54 Å². The Morgan fingerprint density at radius 1 is 1.32 bits per heavy atom. The lowest BCUT2D eigenvalue weighted by Gasteiger charge is -2.18. The maximum absolute atomic E-state index is 12.0. The number of ketones is 1. The molecule has 1 heterocycles. The molecule has 1 rings (SSSR count). The van der Waals surface area contributed by atoms with Gasteiger partial charge in [0.25, 0.3) is 0 Å². The van der Waals surface area contributed by atoms with Crippen molar-refractivity contribution in [2.24, 2.45) is 5.92 Å². The van der Waals surface area contributed by atoms with Gasteiger partial charge in [-0.1, -0.05) is 32.9 Å². The minimum Gasteiger partial charge on any atom is -0.345 e. The normalized spacial score (nSPS) is 12.8. The Hall–Kier alpha value is -1.72. The number of nitrogens with one attached hydrogen (secondary N) is 1. The van der Waals surface area contributed by atoms with Gasteiger partial charge in [-0.05, 0) is 5.92 Å². The molecule has 1 amide bonds. The van der Waals surface area contributed by atoms with Crippen molar-refractivity contribution in [2.45, 2.75) is 53.1 Å². The van der Waals surface area contributed by atoms with Gasteiger partial charge in [0, 0.05) is 19.0 Å². The lowest BCUT2D eigenvalue weighted by Crippen LogP contribution is -2.44. The van der Waals surface area contributed by atoms with E-state index in [4.69, 9.17) is 0 Å². The van der Waals surface area contributed by atoms with E-state index < -0.39 is 6.04 Å². The molecule has 1 N–H and O–H groups in total. The first-order chi connectivity index (χ1) is 8.81. The van der Waals surface area contributed by atoms with Crippen LogP contribution in [0.3, 0.4) is 0 Å². The first kappa shape index (κ1) is 15.3. The fourth-order valence-corrected chi connectivity index (χ4v) is 1.71. The third-order valence-electron chi connectivity index (χ3n) is 2.81. The largest absolute Gasteiger partial charge is 0.345 e. The number of Topliss-reactive ketones (excluding diaryl/α,β-unsaturated/α-hetero) is 1. The monoisotopic (exact) mass is 266 g/mol. The van der Waals surface area contributed by atoms with Crippen LogP contribution in [0.25, 0.3) is 0 Å². The second-order valence-corrected chi connectivity index (χ2v) is 5.33. The molecule has 0 aliphatic carbocycles. The number of nitrogens with zero attached hydrogens (tertiary/aromatic N) is 3. The highest BCUT2D eigenvalue weighted by atomic mass is 16.2. The minimum absolute atomic E-state index is 0.00297. The van der Waals surface area contributed by atoms with Crippen molar-refractivity contribution in [1.82, 2.24) is 20.3 Å². The maximum Gasteiger partial charge on any atom is 0.217 e. The Kier molecular flexibility index (Phi) is 5.20. The predicted octanol–water partition coefficient (Wildman–Crippen LogP) is 1.13. The van der Waals surface area contributed by atoms with E-state index in [2.05, 4.69) is 15.6 Å². The van der Waals surface area contributed by atoms with Crippen LogP contribution in [0, 0.1) is 5.92 Å². The SMILES string of the molecule is CC(=O)N[C@@H](Cn1cc(C(C)C)nn1)C(=O)C(C)C. The van der Waals surface area contributed by atoms with Crippen molar-refractivity contribution in [1.29, 1.82) is 0 Å². The molecule has 0 bridgehead atoms. The average Bonchev–Trinajstić information content (AvgIpc) is 2.75. The van der Waals surface area contributed by atoms with E-state index in [1.807, 2.05) is 33.9 Å². The molecule has 0 radical (unpaired) electrons. The van der Waals surface area contributed by atoms with Gasteiger partial charge in [-0.3, -0.25) is 9.59 Å². The number of aromatic nitrogens is 3. The van der Waals surface area contributed by atoms with Gasteiger partial charge in [0.1, 0.15) is 6.04 Å². The zero-order chi connectivity index (χ0) is 14.6. The molecule has 106 valence electrons. The number of carbonyl (C=O) groups excluding carboxylic acids is 2. The van der Waals surface area contributed by atoms with Gasteiger partial charge in [-0.15, -0.1) is 5.10 Å². The molecule has 0 aromatic carbocycles. The van der Waals surface area contributed by atoms with Gasteiger partial charge in [0.15, 0.2) is 5.78 Å². The summed E-state index contributed by atoms with van der Waals surface area (Å²) in [7, 11) is 0. The summed E-state index contributed by atoms with van der Waals surface area (Å²) in [4.78, 5) is 23.2. The van der Waals surface area contributed by atoms with Crippen molar-refractivity contribution in [2.75, 3.05) is 0 Å². The molecule has 1 aromatic heterocycles. The summed E-state index contributed by atoms with van der Waals surface area (Å²) in [5.41, 5.74) is 0.874. The van der Waals surface area contributed by atoms with Crippen molar-refractivity contribution >= 4 is 11.7 Å². The molecule has 19 heavy (non-hydrogen) atoms. The smallest absolute Gasteiger partial charge is 0.217 e. The Morgan fingerprint density at radius 2 is 1.95 bits per heavy atom. The molecule has 0 aliphatic heterocycles. The maximum atomic E-state index is 12.0. The molecular weight excluding hydrogens is 244 g/mol. The Bertz CT molecular complexity index is 451. The molecule has 6 heteroatoms. The van der Waals surface area contributed by atoms with E-state index in [9.17, 15) is 9.59 Å².